The fraction of sp³-hybridized carbons (Fsp3) is 0.550. The second kappa shape index (κ2) is 6.51. The first-order valence-electron chi connectivity index (χ1n) is 9.35. The first-order valence-corrected chi connectivity index (χ1v) is 9.35. The molecular weight excluding hydrogens is 310 g/mol. The van der Waals surface area contributed by atoms with E-state index in [1.54, 1.807) is 0 Å². The standard InChI is InChI=1S/C20H25N5/c1-13(7-9-21)11-15-3-5-16(6-4-15)25-14(2)24-18-12-23-20-17(19(18)25)8-10-22-20/h8,10,12-13,15-16H,3-7,11H2,1-2H3,(H,22,23). The van der Waals surface area contributed by atoms with Crippen LogP contribution >= 0.6 is 0 Å². The lowest BCUT2D eigenvalue weighted by atomic mass is 9.80. The Kier molecular flexibility index (Phi) is 4.20. The van der Waals surface area contributed by atoms with Gasteiger partial charge >= 0.3 is 0 Å². The molecule has 1 atom stereocenters. The number of aryl methyl sites for hydroxylation is 1. The fourth-order valence-corrected chi connectivity index (χ4v) is 4.60. The van der Waals surface area contributed by atoms with E-state index >= 15 is 0 Å². The average molecular weight is 335 g/mol. The van der Waals surface area contributed by atoms with Crippen LogP contribution in [0, 0.1) is 30.1 Å². The maximum Gasteiger partial charge on any atom is 0.139 e. The Morgan fingerprint density at radius 1 is 1.36 bits per heavy atom. The molecule has 0 spiro atoms. The third-order valence-corrected chi connectivity index (χ3v) is 5.77. The average Bonchev–Trinajstić information content (AvgIpc) is 3.19. The number of nitrogens with one attached hydrogen (secondary N) is 1. The highest BCUT2D eigenvalue weighted by molar-refractivity contribution is 6.01. The highest BCUT2D eigenvalue weighted by Crippen LogP contribution is 2.38. The SMILES string of the molecule is Cc1nc2cnc3[nH]ccc3c2n1C1CCC(CC(C)CC#N)CC1. The molecule has 0 radical (unpaired) electrons. The molecule has 1 aliphatic carbocycles. The van der Waals surface area contributed by atoms with Crippen molar-refractivity contribution in [3.8, 4) is 6.07 Å². The molecule has 0 saturated heterocycles. The number of hydrogen-bond acceptors (Lipinski definition) is 3. The van der Waals surface area contributed by atoms with Crippen LogP contribution in [-0.2, 0) is 0 Å². The summed E-state index contributed by atoms with van der Waals surface area (Å²) in [7, 11) is 0. The minimum absolute atomic E-state index is 0.521. The molecule has 1 aliphatic rings. The first-order chi connectivity index (χ1) is 12.2. The summed E-state index contributed by atoms with van der Waals surface area (Å²) >= 11 is 0. The summed E-state index contributed by atoms with van der Waals surface area (Å²) in [4.78, 5) is 12.4. The van der Waals surface area contributed by atoms with E-state index in [1.807, 2.05) is 12.4 Å². The van der Waals surface area contributed by atoms with Crippen molar-refractivity contribution in [2.75, 3.05) is 0 Å². The third-order valence-electron chi connectivity index (χ3n) is 5.77. The molecule has 0 aliphatic heterocycles. The zero-order valence-electron chi connectivity index (χ0n) is 15.0. The maximum atomic E-state index is 8.87. The number of aromatic nitrogens is 4. The van der Waals surface area contributed by atoms with Gasteiger partial charge in [-0.2, -0.15) is 5.26 Å². The summed E-state index contributed by atoms with van der Waals surface area (Å²) in [5, 5.41) is 10.0. The van der Waals surface area contributed by atoms with Crippen LogP contribution in [0.15, 0.2) is 18.5 Å². The Labute approximate surface area is 148 Å². The number of rotatable bonds is 4. The monoisotopic (exact) mass is 335 g/mol. The van der Waals surface area contributed by atoms with Gasteiger partial charge in [0, 0.05) is 24.0 Å². The molecule has 1 saturated carbocycles. The molecule has 5 heteroatoms. The van der Waals surface area contributed by atoms with Gasteiger partial charge in [-0.3, -0.25) is 0 Å². The quantitative estimate of drug-likeness (QED) is 0.737. The van der Waals surface area contributed by atoms with E-state index in [9.17, 15) is 0 Å². The molecule has 1 N–H and O–H groups in total. The Morgan fingerprint density at radius 3 is 2.92 bits per heavy atom. The lowest BCUT2D eigenvalue weighted by Gasteiger charge is -2.31. The van der Waals surface area contributed by atoms with E-state index in [4.69, 9.17) is 10.2 Å². The fourth-order valence-electron chi connectivity index (χ4n) is 4.60. The Morgan fingerprint density at radius 2 is 2.16 bits per heavy atom. The summed E-state index contributed by atoms with van der Waals surface area (Å²) < 4.78 is 2.45. The minimum Gasteiger partial charge on any atom is -0.346 e. The summed E-state index contributed by atoms with van der Waals surface area (Å²) in [6, 6.07) is 4.94. The maximum absolute atomic E-state index is 8.87. The Bertz CT molecular complexity index is 921. The van der Waals surface area contributed by atoms with Crippen molar-refractivity contribution in [3.63, 3.8) is 0 Å². The normalized spacial score (nSPS) is 22.3. The Balaban J connectivity index is 1.58. The van der Waals surface area contributed by atoms with Gasteiger partial charge in [0.1, 0.15) is 17.0 Å². The highest BCUT2D eigenvalue weighted by Gasteiger charge is 2.26. The van der Waals surface area contributed by atoms with E-state index in [-0.39, 0.29) is 0 Å². The van der Waals surface area contributed by atoms with Crippen molar-refractivity contribution in [2.45, 2.75) is 58.4 Å². The van der Waals surface area contributed by atoms with Crippen LogP contribution in [0.4, 0.5) is 0 Å². The number of nitrogens with zero attached hydrogens (tertiary/aromatic N) is 4. The van der Waals surface area contributed by atoms with Crippen molar-refractivity contribution in [1.82, 2.24) is 19.5 Å². The van der Waals surface area contributed by atoms with Crippen LogP contribution < -0.4 is 0 Å². The number of hydrogen-bond donors (Lipinski definition) is 1. The largest absolute Gasteiger partial charge is 0.346 e. The molecule has 3 aromatic heterocycles. The van der Waals surface area contributed by atoms with Crippen LogP contribution in [0.25, 0.3) is 22.1 Å². The zero-order valence-corrected chi connectivity index (χ0v) is 15.0. The van der Waals surface area contributed by atoms with Crippen molar-refractivity contribution >= 4 is 22.1 Å². The molecular formula is C20H25N5. The van der Waals surface area contributed by atoms with Crippen molar-refractivity contribution < 1.29 is 0 Å². The van der Waals surface area contributed by atoms with Crippen molar-refractivity contribution in [1.29, 1.82) is 5.26 Å². The number of nitriles is 1. The molecule has 5 nitrogen and oxygen atoms in total. The van der Waals surface area contributed by atoms with E-state index in [2.05, 4.69) is 40.5 Å². The second-order valence-corrected chi connectivity index (χ2v) is 7.64. The first kappa shape index (κ1) is 16.1. The predicted octanol–water partition coefficient (Wildman–Crippen LogP) is 4.89. The third kappa shape index (κ3) is 2.90. The number of fused-ring (bicyclic) bond motifs is 3. The molecule has 130 valence electrons. The van der Waals surface area contributed by atoms with Gasteiger partial charge in [-0.05, 0) is 56.9 Å². The molecule has 3 heterocycles. The van der Waals surface area contributed by atoms with Crippen LogP contribution in [0.1, 0.15) is 57.3 Å². The van der Waals surface area contributed by atoms with Gasteiger partial charge < -0.3 is 9.55 Å². The highest BCUT2D eigenvalue weighted by atomic mass is 15.1. The van der Waals surface area contributed by atoms with Gasteiger partial charge in [0.05, 0.1) is 17.8 Å². The van der Waals surface area contributed by atoms with Crippen LogP contribution in [0.5, 0.6) is 0 Å². The van der Waals surface area contributed by atoms with Crippen molar-refractivity contribution in [3.05, 3.63) is 24.3 Å². The molecule has 1 fully saturated rings. The summed E-state index contributed by atoms with van der Waals surface area (Å²) in [6.07, 6.45) is 10.6. The van der Waals surface area contributed by atoms with Crippen molar-refractivity contribution in [2.24, 2.45) is 11.8 Å². The van der Waals surface area contributed by atoms with Gasteiger partial charge in [0.15, 0.2) is 0 Å². The van der Waals surface area contributed by atoms with E-state index < -0.39 is 0 Å². The van der Waals surface area contributed by atoms with Gasteiger partial charge in [-0.1, -0.05) is 6.92 Å². The number of H-pyrrole nitrogens is 1. The molecule has 4 rings (SSSR count). The van der Waals surface area contributed by atoms with Crippen LogP contribution in [-0.4, -0.2) is 19.5 Å². The summed E-state index contributed by atoms with van der Waals surface area (Å²) in [6.45, 7) is 4.32. The Hall–Kier alpha value is -2.35. The minimum atomic E-state index is 0.521. The second-order valence-electron chi connectivity index (χ2n) is 7.64. The lowest BCUT2D eigenvalue weighted by Crippen LogP contribution is -2.20. The smallest absolute Gasteiger partial charge is 0.139 e. The zero-order chi connectivity index (χ0) is 17.4. The van der Waals surface area contributed by atoms with E-state index in [0.29, 0.717) is 18.4 Å². The molecule has 0 amide bonds. The summed E-state index contributed by atoms with van der Waals surface area (Å²) in [5.74, 6) is 2.38. The van der Waals surface area contributed by atoms with E-state index in [0.717, 1.165) is 22.9 Å². The van der Waals surface area contributed by atoms with Gasteiger partial charge in [0.25, 0.3) is 0 Å². The van der Waals surface area contributed by atoms with Crippen LogP contribution in [0.2, 0.25) is 0 Å². The lowest BCUT2D eigenvalue weighted by molar-refractivity contribution is 0.243. The van der Waals surface area contributed by atoms with E-state index in [1.165, 1.54) is 43.0 Å². The number of pyridine rings is 1. The van der Waals surface area contributed by atoms with Gasteiger partial charge in [-0.25, -0.2) is 9.97 Å². The molecule has 0 aromatic carbocycles. The van der Waals surface area contributed by atoms with Gasteiger partial charge in [0.2, 0.25) is 0 Å². The number of aromatic amines is 1. The van der Waals surface area contributed by atoms with Crippen LogP contribution in [0.3, 0.4) is 0 Å². The predicted molar refractivity (Wildman–Crippen MR) is 99.1 cm³/mol. The molecule has 0 bridgehead atoms. The molecule has 25 heavy (non-hydrogen) atoms. The topological polar surface area (TPSA) is 70.3 Å². The molecule has 1 unspecified atom stereocenters. The molecule has 3 aromatic rings. The van der Waals surface area contributed by atoms with Gasteiger partial charge in [-0.15, -0.1) is 0 Å². The summed E-state index contributed by atoms with van der Waals surface area (Å²) in [5.41, 5.74) is 3.16. The number of imidazole rings is 1.